The lowest BCUT2D eigenvalue weighted by Gasteiger charge is -2.09. The molecule has 0 spiro atoms. The van der Waals surface area contributed by atoms with Gasteiger partial charge in [-0.2, -0.15) is 5.26 Å². The molecule has 0 saturated heterocycles. The van der Waals surface area contributed by atoms with Gasteiger partial charge in [0, 0.05) is 22.3 Å². The fourth-order valence-electron chi connectivity index (χ4n) is 1.58. The molecule has 104 valence electrons. The molecule has 0 radical (unpaired) electrons. The van der Waals surface area contributed by atoms with Gasteiger partial charge >= 0.3 is 0 Å². The van der Waals surface area contributed by atoms with Crippen molar-refractivity contribution in [3.63, 3.8) is 0 Å². The van der Waals surface area contributed by atoms with Crippen LogP contribution in [-0.2, 0) is 10.8 Å². The Bertz CT molecular complexity index is 454. The lowest BCUT2D eigenvalue weighted by Crippen LogP contribution is -2.12. The van der Waals surface area contributed by atoms with E-state index < -0.39 is 10.8 Å². The first-order valence-corrected chi connectivity index (χ1v) is 8.12. The first kappa shape index (κ1) is 15.7. The van der Waals surface area contributed by atoms with Crippen LogP contribution in [0.25, 0.3) is 0 Å². The van der Waals surface area contributed by atoms with Gasteiger partial charge in [0.05, 0.1) is 18.2 Å². The zero-order chi connectivity index (χ0) is 14.1. The van der Waals surface area contributed by atoms with Gasteiger partial charge in [-0.05, 0) is 30.5 Å². The van der Waals surface area contributed by atoms with Crippen LogP contribution in [0.5, 0.6) is 5.75 Å². The van der Waals surface area contributed by atoms with Gasteiger partial charge in [0.1, 0.15) is 5.75 Å². The lowest BCUT2D eigenvalue weighted by molar-refractivity contribution is 0.318. The first-order chi connectivity index (χ1) is 9.15. The molecular weight excluding hydrogens is 258 g/mol. The van der Waals surface area contributed by atoms with Crippen LogP contribution >= 0.6 is 0 Å². The standard InChI is InChI=1S/C15H21NO2S/c1-3-13(2)12-19(17)9-5-8-18-15-7-4-6-14(10-15)11-16/h4,6-7,10,13H,3,5,8-9,12H2,1-2H3. The number of rotatable bonds is 8. The average molecular weight is 279 g/mol. The van der Waals surface area contributed by atoms with Gasteiger partial charge in [-0.1, -0.05) is 26.3 Å². The van der Waals surface area contributed by atoms with Crippen molar-refractivity contribution in [1.82, 2.24) is 0 Å². The Morgan fingerprint density at radius 3 is 2.95 bits per heavy atom. The van der Waals surface area contributed by atoms with E-state index >= 15 is 0 Å². The molecule has 0 aromatic heterocycles. The highest BCUT2D eigenvalue weighted by Crippen LogP contribution is 2.12. The number of hydrogen-bond acceptors (Lipinski definition) is 3. The third-order valence-electron chi connectivity index (χ3n) is 2.92. The molecule has 2 unspecified atom stereocenters. The number of nitrogens with zero attached hydrogens (tertiary/aromatic N) is 1. The second kappa shape index (κ2) is 8.71. The Hall–Kier alpha value is -1.34. The average Bonchev–Trinajstić information content (AvgIpc) is 2.43. The van der Waals surface area contributed by atoms with E-state index in [9.17, 15) is 4.21 Å². The largest absolute Gasteiger partial charge is 0.494 e. The van der Waals surface area contributed by atoms with Crippen molar-refractivity contribution in [2.45, 2.75) is 26.7 Å². The van der Waals surface area contributed by atoms with Crippen LogP contribution in [0.2, 0.25) is 0 Å². The van der Waals surface area contributed by atoms with Crippen LogP contribution in [-0.4, -0.2) is 22.3 Å². The summed E-state index contributed by atoms with van der Waals surface area (Å²) in [6.07, 6.45) is 1.85. The first-order valence-electron chi connectivity index (χ1n) is 6.63. The molecule has 0 heterocycles. The summed E-state index contributed by atoms with van der Waals surface area (Å²) in [5, 5.41) is 8.77. The Morgan fingerprint density at radius 1 is 1.47 bits per heavy atom. The molecular formula is C15H21NO2S. The molecule has 2 atom stereocenters. The molecule has 0 aliphatic carbocycles. The SMILES string of the molecule is CCC(C)CS(=O)CCCOc1cccc(C#N)c1. The molecule has 1 aromatic rings. The van der Waals surface area contributed by atoms with Crippen molar-refractivity contribution < 1.29 is 8.95 Å². The van der Waals surface area contributed by atoms with E-state index in [1.54, 1.807) is 18.2 Å². The Kier molecular flexibility index (Phi) is 7.20. The highest BCUT2D eigenvalue weighted by atomic mass is 32.2. The van der Waals surface area contributed by atoms with Gasteiger partial charge in [-0.25, -0.2) is 0 Å². The fraction of sp³-hybridized carbons (Fsp3) is 0.533. The molecule has 3 nitrogen and oxygen atoms in total. The normalized spacial score (nSPS) is 13.5. The topological polar surface area (TPSA) is 50.1 Å². The lowest BCUT2D eigenvalue weighted by atomic mass is 10.2. The molecule has 0 fully saturated rings. The van der Waals surface area contributed by atoms with Crippen LogP contribution in [0, 0.1) is 17.2 Å². The predicted molar refractivity (Wildman–Crippen MR) is 78.6 cm³/mol. The van der Waals surface area contributed by atoms with Crippen LogP contribution in [0.15, 0.2) is 24.3 Å². The highest BCUT2D eigenvalue weighted by Gasteiger charge is 2.05. The van der Waals surface area contributed by atoms with Gasteiger partial charge in [0.2, 0.25) is 0 Å². The third-order valence-corrected chi connectivity index (χ3v) is 4.60. The van der Waals surface area contributed by atoms with Crippen molar-refractivity contribution >= 4 is 10.8 Å². The summed E-state index contributed by atoms with van der Waals surface area (Å²) in [4.78, 5) is 0. The van der Waals surface area contributed by atoms with Crippen LogP contribution in [0.3, 0.4) is 0 Å². The van der Waals surface area contributed by atoms with Crippen molar-refractivity contribution in [3.8, 4) is 11.8 Å². The van der Waals surface area contributed by atoms with E-state index in [0.717, 1.165) is 18.6 Å². The molecule has 0 N–H and O–H groups in total. The molecule has 0 aliphatic rings. The van der Waals surface area contributed by atoms with Crippen LogP contribution in [0.4, 0.5) is 0 Å². The molecule has 0 bridgehead atoms. The van der Waals surface area contributed by atoms with E-state index in [2.05, 4.69) is 19.9 Å². The number of hydrogen-bond donors (Lipinski definition) is 0. The Morgan fingerprint density at radius 2 is 2.26 bits per heavy atom. The molecule has 0 amide bonds. The smallest absolute Gasteiger partial charge is 0.120 e. The highest BCUT2D eigenvalue weighted by molar-refractivity contribution is 7.84. The summed E-state index contributed by atoms with van der Waals surface area (Å²) in [5.41, 5.74) is 0.595. The Balaban J connectivity index is 2.24. The van der Waals surface area contributed by atoms with E-state index in [4.69, 9.17) is 10.00 Å². The maximum absolute atomic E-state index is 11.7. The molecule has 4 heteroatoms. The molecule has 1 aromatic carbocycles. The Labute approximate surface area is 118 Å². The van der Waals surface area contributed by atoms with Gasteiger partial charge in [0.25, 0.3) is 0 Å². The third kappa shape index (κ3) is 6.40. The zero-order valence-electron chi connectivity index (χ0n) is 11.6. The summed E-state index contributed by atoms with van der Waals surface area (Å²) in [7, 11) is -0.746. The van der Waals surface area contributed by atoms with Crippen molar-refractivity contribution in [3.05, 3.63) is 29.8 Å². The number of ether oxygens (including phenoxy) is 1. The van der Waals surface area contributed by atoms with Gasteiger partial charge in [0.15, 0.2) is 0 Å². The minimum Gasteiger partial charge on any atom is -0.494 e. The van der Waals surface area contributed by atoms with Crippen LogP contribution in [0.1, 0.15) is 32.3 Å². The summed E-state index contributed by atoms with van der Waals surface area (Å²) in [5.74, 6) is 2.68. The minimum absolute atomic E-state index is 0.522. The molecule has 1 rings (SSSR count). The maximum Gasteiger partial charge on any atom is 0.120 e. The second-order valence-electron chi connectivity index (χ2n) is 4.67. The van der Waals surface area contributed by atoms with E-state index in [-0.39, 0.29) is 0 Å². The van der Waals surface area contributed by atoms with Crippen molar-refractivity contribution in [2.24, 2.45) is 5.92 Å². The summed E-state index contributed by atoms with van der Waals surface area (Å²) in [6, 6.07) is 9.17. The molecule has 0 saturated carbocycles. The van der Waals surface area contributed by atoms with Crippen molar-refractivity contribution in [1.29, 1.82) is 5.26 Å². The van der Waals surface area contributed by atoms with Gasteiger partial charge in [-0.3, -0.25) is 4.21 Å². The number of benzene rings is 1. The van der Waals surface area contributed by atoms with E-state index in [1.165, 1.54) is 0 Å². The van der Waals surface area contributed by atoms with E-state index in [1.807, 2.05) is 6.07 Å². The molecule has 19 heavy (non-hydrogen) atoms. The quantitative estimate of drug-likeness (QED) is 0.687. The monoisotopic (exact) mass is 279 g/mol. The predicted octanol–water partition coefficient (Wildman–Crippen LogP) is 3.12. The summed E-state index contributed by atoms with van der Waals surface area (Å²) in [6.45, 7) is 4.79. The second-order valence-corrected chi connectivity index (χ2v) is 6.29. The fourth-order valence-corrected chi connectivity index (χ4v) is 3.06. The minimum atomic E-state index is -0.746. The summed E-state index contributed by atoms with van der Waals surface area (Å²) < 4.78 is 17.3. The maximum atomic E-state index is 11.7. The number of nitriles is 1. The summed E-state index contributed by atoms with van der Waals surface area (Å²) >= 11 is 0. The van der Waals surface area contributed by atoms with Crippen molar-refractivity contribution in [2.75, 3.05) is 18.1 Å². The van der Waals surface area contributed by atoms with Gasteiger partial charge < -0.3 is 4.74 Å². The van der Waals surface area contributed by atoms with Gasteiger partial charge in [-0.15, -0.1) is 0 Å². The van der Waals surface area contributed by atoms with Crippen LogP contribution < -0.4 is 4.74 Å². The zero-order valence-corrected chi connectivity index (χ0v) is 12.4. The molecule has 0 aliphatic heterocycles. The van der Waals surface area contributed by atoms with E-state index in [0.29, 0.717) is 29.6 Å².